The maximum Gasteiger partial charge on any atom is 0.173 e. The minimum Gasteiger partial charge on any atom is -0.491 e. The molecule has 3 unspecified atom stereocenters. The van der Waals surface area contributed by atoms with Crippen LogP contribution in [0.2, 0.25) is 0 Å². The van der Waals surface area contributed by atoms with E-state index in [0.29, 0.717) is 70.8 Å². The van der Waals surface area contributed by atoms with Crippen molar-refractivity contribution in [2.24, 2.45) is 41.8 Å². The highest BCUT2D eigenvalue weighted by molar-refractivity contribution is 5.67. The molecule has 3 heterocycles. The van der Waals surface area contributed by atoms with Crippen molar-refractivity contribution in [1.82, 2.24) is 0 Å². The standard InChI is InChI=1S/C30H22N4O4.C20H22N2O2/c1-5-13-25-21(9-1)31-19-33-23-11-3-7-15-27(23)37-29(17-35-25)30-18-36-26-14-6-2-10-22(26)32-20-34-24-12-4-8-16-28(24)38-30;1-3-15(2)16-12-23-19-10-6-4-8-17(19)21-14-22-18-9-5-7-11-20(18)24-13-16/h1-16,29-30H,17-18H2;4-11,15-16H,3,12-13H2,1-2H3. The number of hydrogen-bond donors (Lipinski definition) is 0. The fraction of sp³-hybridized carbons (Fsp3) is 0.220. The van der Waals surface area contributed by atoms with Gasteiger partial charge in [-0.3, -0.25) is 0 Å². The van der Waals surface area contributed by atoms with E-state index in [9.17, 15) is 0 Å². The van der Waals surface area contributed by atoms with Crippen molar-refractivity contribution in [3.63, 3.8) is 0 Å². The summed E-state index contributed by atoms with van der Waals surface area (Å²) in [6.07, 6.45) is -0.136. The second-order valence-electron chi connectivity index (χ2n) is 14.5. The zero-order chi connectivity index (χ0) is 42.4. The highest BCUT2D eigenvalue weighted by Gasteiger charge is 2.30. The summed E-state index contributed by atoms with van der Waals surface area (Å²) in [5.74, 6) is 4.55. The Balaban J connectivity index is 0.000000190. The van der Waals surface area contributed by atoms with E-state index in [-0.39, 0.29) is 13.2 Å². The van der Waals surface area contributed by atoms with Gasteiger partial charge in [-0.25, -0.2) is 0 Å². The largest absolute Gasteiger partial charge is 0.491 e. The lowest BCUT2D eigenvalue weighted by atomic mass is 9.93. The minimum atomic E-state index is -0.608. The maximum atomic E-state index is 6.51. The lowest BCUT2D eigenvalue weighted by Crippen LogP contribution is -2.44. The molecule has 0 saturated carbocycles. The van der Waals surface area contributed by atoms with Gasteiger partial charge in [0.2, 0.25) is 0 Å². The van der Waals surface area contributed by atoms with Gasteiger partial charge < -0.3 is 28.4 Å². The van der Waals surface area contributed by atoms with Crippen LogP contribution in [-0.4, -0.2) is 56.7 Å². The average molecular weight is 825 g/mol. The molecule has 0 saturated heterocycles. The summed E-state index contributed by atoms with van der Waals surface area (Å²) in [6.45, 7) is 5.92. The quantitative estimate of drug-likeness (QED) is 0.175. The predicted molar refractivity (Wildman–Crippen MR) is 240 cm³/mol. The van der Waals surface area contributed by atoms with Crippen molar-refractivity contribution in [3.8, 4) is 34.5 Å². The number of ether oxygens (including phenoxy) is 6. The molecule has 0 amide bonds. The minimum absolute atomic E-state index is 0.151. The molecule has 3 atom stereocenters. The third-order valence-electron chi connectivity index (χ3n) is 10.3. The van der Waals surface area contributed by atoms with Gasteiger partial charge in [-0.1, -0.05) is 93.1 Å². The Labute approximate surface area is 360 Å². The molecule has 6 aromatic carbocycles. The molecule has 3 aliphatic rings. The molecule has 0 radical (unpaired) electrons. The van der Waals surface area contributed by atoms with E-state index in [2.05, 4.69) is 61.8 Å². The molecule has 310 valence electrons. The van der Waals surface area contributed by atoms with Gasteiger partial charge in [-0.15, -0.1) is 0 Å². The number of aliphatic imine (C=N–C) groups is 6. The molecule has 9 rings (SSSR count). The van der Waals surface area contributed by atoms with E-state index in [1.807, 2.05) is 146 Å². The van der Waals surface area contributed by atoms with Gasteiger partial charge in [0.1, 0.15) is 99.9 Å². The lowest BCUT2D eigenvalue weighted by molar-refractivity contribution is -0.0000331. The fourth-order valence-electron chi connectivity index (χ4n) is 6.59. The molecule has 6 aromatic rings. The zero-order valence-corrected chi connectivity index (χ0v) is 34.3. The summed E-state index contributed by atoms with van der Waals surface area (Å²) >= 11 is 0. The fourth-order valence-corrected chi connectivity index (χ4v) is 6.59. The van der Waals surface area contributed by atoms with E-state index < -0.39 is 12.2 Å². The monoisotopic (exact) mass is 824 g/mol. The lowest BCUT2D eigenvalue weighted by Gasteiger charge is -2.29. The molecular formula is C50H44N6O6. The Hall–Kier alpha value is -7.74. The Morgan fingerprint density at radius 2 is 0.661 bits per heavy atom. The molecule has 0 spiro atoms. The first-order valence-electron chi connectivity index (χ1n) is 20.5. The predicted octanol–water partition coefficient (Wildman–Crippen LogP) is 12.2. The number of nitrogens with zero attached hydrogens (tertiary/aromatic N) is 6. The van der Waals surface area contributed by atoms with Crippen LogP contribution in [0.5, 0.6) is 34.5 Å². The van der Waals surface area contributed by atoms with E-state index >= 15 is 0 Å². The highest BCUT2D eigenvalue weighted by atomic mass is 16.6. The summed E-state index contributed by atoms with van der Waals surface area (Å²) in [6, 6.07) is 53.5. The van der Waals surface area contributed by atoms with E-state index in [1.165, 1.54) is 0 Å². The van der Waals surface area contributed by atoms with E-state index in [0.717, 1.165) is 29.3 Å². The second kappa shape index (κ2) is 20.5. The maximum absolute atomic E-state index is 6.51. The third kappa shape index (κ3) is 10.5. The van der Waals surface area contributed by atoms with Crippen molar-refractivity contribution in [3.05, 3.63) is 146 Å². The molecule has 0 aliphatic carbocycles. The Bertz CT molecular complexity index is 2510. The Morgan fingerprint density at radius 3 is 0.968 bits per heavy atom. The van der Waals surface area contributed by atoms with Crippen LogP contribution in [0.15, 0.2) is 176 Å². The van der Waals surface area contributed by atoms with Crippen LogP contribution in [-0.2, 0) is 0 Å². The first-order valence-corrected chi connectivity index (χ1v) is 20.5. The van der Waals surface area contributed by atoms with Crippen LogP contribution < -0.4 is 28.4 Å². The van der Waals surface area contributed by atoms with Crippen LogP contribution in [0.1, 0.15) is 20.3 Å². The number of benzene rings is 6. The number of rotatable bonds is 3. The van der Waals surface area contributed by atoms with Gasteiger partial charge >= 0.3 is 0 Å². The first-order chi connectivity index (χ1) is 30.6. The summed E-state index contributed by atoms with van der Waals surface area (Å²) in [4.78, 5) is 26.1. The number of hydrogen-bond acceptors (Lipinski definition) is 12. The smallest absolute Gasteiger partial charge is 0.173 e. The van der Waals surface area contributed by atoms with Crippen molar-refractivity contribution >= 4 is 52.1 Å². The van der Waals surface area contributed by atoms with Crippen molar-refractivity contribution in [2.45, 2.75) is 32.5 Å². The molecule has 0 N–H and O–H groups in total. The molecule has 0 fully saturated rings. The van der Waals surface area contributed by atoms with Crippen LogP contribution in [0.3, 0.4) is 0 Å². The average Bonchev–Trinajstić information content (AvgIpc) is 3.37. The second-order valence-corrected chi connectivity index (χ2v) is 14.5. The van der Waals surface area contributed by atoms with Gasteiger partial charge in [-0.2, -0.15) is 30.0 Å². The van der Waals surface area contributed by atoms with Crippen LogP contribution >= 0.6 is 0 Å². The molecule has 3 aliphatic heterocycles. The third-order valence-corrected chi connectivity index (χ3v) is 10.3. The molecule has 62 heavy (non-hydrogen) atoms. The molecule has 12 nitrogen and oxygen atoms in total. The Kier molecular flexibility index (Phi) is 13.6. The summed E-state index contributed by atoms with van der Waals surface area (Å²) in [7, 11) is 0. The molecule has 0 aromatic heterocycles. The van der Waals surface area contributed by atoms with Gasteiger partial charge in [0, 0.05) is 5.92 Å². The zero-order valence-electron chi connectivity index (χ0n) is 34.3. The van der Waals surface area contributed by atoms with Crippen molar-refractivity contribution in [1.29, 1.82) is 0 Å². The number of fused-ring (bicyclic) bond motifs is 6. The molecular weight excluding hydrogens is 781 g/mol. The van der Waals surface area contributed by atoms with Crippen molar-refractivity contribution in [2.75, 3.05) is 26.4 Å². The van der Waals surface area contributed by atoms with Crippen molar-refractivity contribution < 1.29 is 28.4 Å². The van der Waals surface area contributed by atoms with E-state index in [1.54, 1.807) is 0 Å². The number of para-hydroxylation sites is 12. The Morgan fingerprint density at radius 1 is 0.403 bits per heavy atom. The SMILES string of the molecule is C1=Nc2ccccc2OCC(C2COc3ccccc3N=C=Nc3ccccc3O2)Oc2ccccc2N=1.CCC(C)C1COc2ccccc2N=C=Nc2ccccc2OC1. The summed E-state index contributed by atoms with van der Waals surface area (Å²) in [5, 5.41) is 0. The van der Waals surface area contributed by atoms with Gasteiger partial charge in [0.15, 0.2) is 12.2 Å². The normalized spacial score (nSPS) is 18.0. The van der Waals surface area contributed by atoms with Gasteiger partial charge in [-0.05, 0) is 78.7 Å². The van der Waals surface area contributed by atoms with Crippen LogP contribution in [0, 0.1) is 11.8 Å². The van der Waals surface area contributed by atoms with Gasteiger partial charge in [0.05, 0.1) is 13.2 Å². The van der Waals surface area contributed by atoms with Gasteiger partial charge in [0.25, 0.3) is 0 Å². The van der Waals surface area contributed by atoms with Crippen LogP contribution in [0.4, 0.5) is 34.1 Å². The molecule has 12 heteroatoms. The van der Waals surface area contributed by atoms with Crippen LogP contribution in [0.25, 0.3) is 0 Å². The highest BCUT2D eigenvalue weighted by Crippen LogP contribution is 2.36. The summed E-state index contributed by atoms with van der Waals surface area (Å²) in [5.41, 5.74) is 3.87. The summed E-state index contributed by atoms with van der Waals surface area (Å²) < 4.78 is 37.5. The molecule has 0 bridgehead atoms. The van der Waals surface area contributed by atoms with E-state index in [4.69, 9.17) is 28.4 Å². The first kappa shape index (κ1) is 41.0. The topological polar surface area (TPSA) is 130 Å².